The Morgan fingerprint density at radius 2 is 2.36 bits per heavy atom. The van der Waals surface area contributed by atoms with Gasteiger partial charge in [-0.15, -0.1) is 22.9 Å². The summed E-state index contributed by atoms with van der Waals surface area (Å²) in [6.07, 6.45) is 0. The lowest BCUT2D eigenvalue weighted by Crippen LogP contribution is -1.85. The summed E-state index contributed by atoms with van der Waals surface area (Å²) in [7, 11) is 0. The van der Waals surface area contributed by atoms with E-state index < -0.39 is 4.92 Å². The Morgan fingerprint density at radius 3 is 3.00 bits per heavy atom. The van der Waals surface area contributed by atoms with E-state index in [1.807, 2.05) is 0 Å². The highest BCUT2D eigenvalue weighted by atomic mass is 35.5. The molecule has 1 heterocycles. The van der Waals surface area contributed by atoms with E-state index in [0.29, 0.717) is 5.88 Å². The molecule has 2 aromatic rings. The Morgan fingerprint density at radius 1 is 1.57 bits per heavy atom. The van der Waals surface area contributed by atoms with Gasteiger partial charge in [-0.3, -0.25) is 10.1 Å². The number of rotatable bonds is 2. The Kier molecular flexibility index (Phi) is 2.35. The van der Waals surface area contributed by atoms with Crippen LogP contribution in [0.25, 0.3) is 10.2 Å². The first-order valence-corrected chi connectivity index (χ1v) is 5.15. The molecule has 0 atom stereocenters. The molecule has 0 spiro atoms. The van der Waals surface area contributed by atoms with Crippen LogP contribution in [0.5, 0.6) is 0 Å². The Hall–Kier alpha value is -1.20. The van der Waals surface area contributed by atoms with Crippen molar-refractivity contribution in [2.75, 3.05) is 0 Å². The number of non-ortho nitro benzene ring substituents is 1. The van der Waals surface area contributed by atoms with Gasteiger partial charge in [0.05, 0.1) is 21.0 Å². The summed E-state index contributed by atoms with van der Waals surface area (Å²) >= 11 is 7.00. The van der Waals surface area contributed by atoms with Gasteiger partial charge < -0.3 is 0 Å². The maximum Gasteiger partial charge on any atom is 0.270 e. The molecular weight excluding hydrogens is 224 g/mol. The van der Waals surface area contributed by atoms with Crippen LogP contribution in [-0.4, -0.2) is 9.91 Å². The lowest BCUT2D eigenvalue weighted by Gasteiger charge is -1.89. The van der Waals surface area contributed by atoms with Crippen molar-refractivity contribution in [3.63, 3.8) is 0 Å². The Balaban J connectivity index is 2.59. The van der Waals surface area contributed by atoms with E-state index in [2.05, 4.69) is 4.98 Å². The summed E-state index contributed by atoms with van der Waals surface area (Å²) < 4.78 is 0.801. The third kappa shape index (κ3) is 1.56. The molecule has 0 saturated carbocycles. The van der Waals surface area contributed by atoms with Crippen LogP contribution in [-0.2, 0) is 5.88 Å². The van der Waals surface area contributed by atoms with Crippen LogP contribution >= 0.6 is 22.9 Å². The number of benzene rings is 1. The average molecular weight is 229 g/mol. The van der Waals surface area contributed by atoms with Crippen molar-refractivity contribution in [1.29, 1.82) is 0 Å². The molecule has 4 nitrogen and oxygen atoms in total. The minimum absolute atomic E-state index is 0.0854. The third-order valence-corrected chi connectivity index (χ3v) is 3.17. The SMILES string of the molecule is O=[N+]([O-])c1ccc2nc(CCl)sc2c1. The summed E-state index contributed by atoms with van der Waals surface area (Å²) in [5.41, 5.74) is 0.846. The van der Waals surface area contributed by atoms with Gasteiger partial charge in [-0.2, -0.15) is 0 Å². The summed E-state index contributed by atoms with van der Waals surface area (Å²) in [6.45, 7) is 0. The first-order valence-electron chi connectivity index (χ1n) is 3.80. The van der Waals surface area contributed by atoms with Crippen molar-refractivity contribution in [2.24, 2.45) is 0 Å². The highest BCUT2D eigenvalue weighted by molar-refractivity contribution is 7.18. The highest BCUT2D eigenvalue weighted by Gasteiger charge is 2.09. The first-order chi connectivity index (χ1) is 6.70. The minimum atomic E-state index is -0.417. The molecule has 1 aromatic carbocycles. The maximum atomic E-state index is 10.5. The molecule has 0 N–H and O–H groups in total. The van der Waals surface area contributed by atoms with Crippen molar-refractivity contribution >= 4 is 38.8 Å². The number of fused-ring (bicyclic) bond motifs is 1. The number of nitro groups is 1. The van der Waals surface area contributed by atoms with Crippen molar-refractivity contribution in [3.8, 4) is 0 Å². The summed E-state index contributed by atoms with van der Waals surface area (Å²) in [5.74, 6) is 0.340. The molecule has 0 aliphatic heterocycles. The number of hydrogen-bond acceptors (Lipinski definition) is 4. The number of aromatic nitrogens is 1. The minimum Gasteiger partial charge on any atom is -0.258 e. The van der Waals surface area contributed by atoms with E-state index in [-0.39, 0.29) is 5.69 Å². The van der Waals surface area contributed by atoms with E-state index in [1.165, 1.54) is 23.5 Å². The number of nitrogens with zero attached hydrogens (tertiary/aromatic N) is 2. The molecule has 2 rings (SSSR count). The van der Waals surface area contributed by atoms with Gasteiger partial charge in [-0.1, -0.05) is 0 Å². The van der Waals surface area contributed by atoms with Crippen LogP contribution < -0.4 is 0 Å². The molecule has 0 radical (unpaired) electrons. The Labute approximate surface area is 88.3 Å². The largest absolute Gasteiger partial charge is 0.270 e. The topological polar surface area (TPSA) is 56.0 Å². The fourth-order valence-corrected chi connectivity index (χ4v) is 2.21. The lowest BCUT2D eigenvalue weighted by atomic mass is 10.3. The predicted octanol–water partition coefficient (Wildman–Crippen LogP) is 2.94. The van der Waals surface area contributed by atoms with Gasteiger partial charge >= 0.3 is 0 Å². The van der Waals surface area contributed by atoms with Gasteiger partial charge in [0, 0.05) is 12.1 Å². The van der Waals surface area contributed by atoms with Gasteiger partial charge in [0.25, 0.3) is 5.69 Å². The highest BCUT2D eigenvalue weighted by Crippen LogP contribution is 2.26. The number of hydrogen-bond donors (Lipinski definition) is 0. The second kappa shape index (κ2) is 3.51. The zero-order valence-corrected chi connectivity index (χ0v) is 8.51. The molecule has 0 unspecified atom stereocenters. The van der Waals surface area contributed by atoms with Crippen molar-refractivity contribution in [2.45, 2.75) is 5.88 Å². The average Bonchev–Trinajstić information content (AvgIpc) is 2.58. The fourth-order valence-electron chi connectivity index (χ4n) is 1.13. The monoisotopic (exact) mass is 228 g/mol. The summed E-state index contributed by atoms with van der Waals surface area (Å²) in [4.78, 5) is 14.3. The van der Waals surface area contributed by atoms with Crippen molar-refractivity contribution in [1.82, 2.24) is 4.98 Å². The van der Waals surface area contributed by atoms with Crippen molar-refractivity contribution in [3.05, 3.63) is 33.3 Å². The van der Waals surface area contributed by atoms with Crippen LogP contribution in [0, 0.1) is 10.1 Å². The number of alkyl halides is 1. The molecule has 0 aliphatic carbocycles. The van der Waals surface area contributed by atoms with Crippen LogP contribution in [0.3, 0.4) is 0 Å². The van der Waals surface area contributed by atoms with Crippen LogP contribution in [0.1, 0.15) is 5.01 Å². The Bertz CT molecular complexity index is 497. The smallest absolute Gasteiger partial charge is 0.258 e. The standard InChI is InChI=1S/C8H5ClN2O2S/c9-4-8-10-6-2-1-5(11(12)13)3-7(6)14-8/h1-3H,4H2. The van der Waals surface area contributed by atoms with E-state index in [1.54, 1.807) is 6.07 Å². The van der Waals surface area contributed by atoms with Gasteiger partial charge in [0.15, 0.2) is 0 Å². The lowest BCUT2D eigenvalue weighted by molar-refractivity contribution is -0.384. The molecule has 0 bridgehead atoms. The second-order valence-electron chi connectivity index (χ2n) is 2.65. The van der Waals surface area contributed by atoms with E-state index in [9.17, 15) is 10.1 Å². The van der Waals surface area contributed by atoms with Gasteiger partial charge in [0.1, 0.15) is 5.01 Å². The third-order valence-electron chi connectivity index (χ3n) is 1.74. The number of halogens is 1. The van der Waals surface area contributed by atoms with Gasteiger partial charge in [0.2, 0.25) is 0 Å². The number of nitro benzene ring substituents is 1. The quantitative estimate of drug-likeness (QED) is 0.451. The molecule has 0 fully saturated rings. The van der Waals surface area contributed by atoms with Crippen LogP contribution in [0.2, 0.25) is 0 Å². The van der Waals surface area contributed by atoms with E-state index in [0.717, 1.165) is 15.2 Å². The van der Waals surface area contributed by atoms with Gasteiger partial charge in [-0.25, -0.2) is 4.98 Å². The summed E-state index contributed by atoms with van der Waals surface area (Å²) in [5, 5.41) is 11.3. The van der Waals surface area contributed by atoms with Crippen molar-refractivity contribution < 1.29 is 4.92 Å². The molecule has 0 saturated heterocycles. The fraction of sp³-hybridized carbons (Fsp3) is 0.125. The molecule has 6 heteroatoms. The molecule has 1 aromatic heterocycles. The second-order valence-corrected chi connectivity index (χ2v) is 4.03. The predicted molar refractivity (Wildman–Crippen MR) is 55.8 cm³/mol. The van der Waals surface area contributed by atoms with Crippen LogP contribution in [0.4, 0.5) is 5.69 Å². The first kappa shape index (κ1) is 9.36. The summed E-state index contributed by atoms with van der Waals surface area (Å²) in [6, 6.07) is 4.60. The van der Waals surface area contributed by atoms with Gasteiger partial charge in [-0.05, 0) is 6.07 Å². The normalized spacial score (nSPS) is 10.6. The van der Waals surface area contributed by atoms with E-state index in [4.69, 9.17) is 11.6 Å². The maximum absolute atomic E-state index is 10.5. The molecule has 0 aliphatic rings. The van der Waals surface area contributed by atoms with Crippen LogP contribution in [0.15, 0.2) is 18.2 Å². The number of thiazole rings is 1. The molecule has 0 amide bonds. The van der Waals surface area contributed by atoms with E-state index >= 15 is 0 Å². The zero-order chi connectivity index (χ0) is 10.1. The zero-order valence-electron chi connectivity index (χ0n) is 6.94. The molecular formula is C8H5ClN2O2S. The molecule has 14 heavy (non-hydrogen) atoms. The molecule has 72 valence electrons.